The van der Waals surface area contributed by atoms with Gasteiger partial charge in [-0.1, -0.05) is 57.2 Å². The second-order valence-electron chi connectivity index (χ2n) is 7.04. The Morgan fingerprint density at radius 2 is 1.56 bits per heavy atom. The number of carbonyl (C=O) groups is 2. The maximum absolute atomic E-state index is 12.8. The maximum Gasteiger partial charge on any atom is 0.229 e. The van der Waals surface area contributed by atoms with Crippen molar-refractivity contribution in [1.82, 2.24) is 0 Å². The Kier molecular flexibility index (Phi) is 5.94. The first kappa shape index (κ1) is 19.2. The van der Waals surface area contributed by atoms with Crippen molar-refractivity contribution in [2.45, 2.75) is 46.5 Å². The minimum Gasteiger partial charge on any atom is -0.326 e. The van der Waals surface area contributed by atoms with Crippen molar-refractivity contribution in [2.75, 3.05) is 16.8 Å². The van der Waals surface area contributed by atoms with Gasteiger partial charge in [0.1, 0.15) is 0 Å². The molecule has 3 rings (SSSR count). The summed E-state index contributed by atoms with van der Waals surface area (Å²) < 4.78 is 0. The third-order valence-electron chi connectivity index (χ3n) is 5.39. The monoisotopic (exact) mass is 364 g/mol. The Bertz CT molecular complexity index is 822. The second kappa shape index (κ2) is 8.38. The van der Waals surface area contributed by atoms with Gasteiger partial charge < -0.3 is 10.2 Å². The van der Waals surface area contributed by atoms with E-state index in [0.717, 1.165) is 36.2 Å². The fourth-order valence-corrected chi connectivity index (χ4v) is 3.85. The quantitative estimate of drug-likeness (QED) is 0.828. The zero-order chi connectivity index (χ0) is 19.4. The highest BCUT2D eigenvalue weighted by Crippen LogP contribution is 2.33. The predicted octanol–water partition coefficient (Wildman–Crippen LogP) is 4.37. The molecule has 1 N–H and O–H groups in total. The van der Waals surface area contributed by atoms with Crippen LogP contribution in [-0.4, -0.2) is 18.4 Å². The van der Waals surface area contributed by atoms with Gasteiger partial charge in [0, 0.05) is 24.3 Å². The Balaban J connectivity index is 1.81. The predicted molar refractivity (Wildman–Crippen MR) is 110 cm³/mol. The lowest BCUT2D eigenvalue weighted by Gasteiger charge is -2.23. The molecule has 0 spiro atoms. The standard InChI is InChI=1S/C23H28N2O2/c1-4-16-10-7-8-13-20(16)24-23(27)19-14-21(26)25(15-19)22-17(5-2)11-9-12-18(22)6-3/h7-13,19H,4-6,14-15H2,1-3H3,(H,24,27)/t19-/m1/s1. The maximum atomic E-state index is 12.8. The highest BCUT2D eigenvalue weighted by Gasteiger charge is 2.36. The van der Waals surface area contributed by atoms with Crippen molar-refractivity contribution in [3.05, 3.63) is 59.2 Å². The minimum absolute atomic E-state index is 0.0366. The summed E-state index contributed by atoms with van der Waals surface area (Å²) >= 11 is 0. The second-order valence-corrected chi connectivity index (χ2v) is 7.04. The zero-order valence-electron chi connectivity index (χ0n) is 16.4. The molecule has 2 aromatic rings. The smallest absolute Gasteiger partial charge is 0.229 e. The third-order valence-corrected chi connectivity index (χ3v) is 5.39. The molecular weight excluding hydrogens is 336 g/mol. The van der Waals surface area contributed by atoms with E-state index >= 15 is 0 Å². The van der Waals surface area contributed by atoms with Gasteiger partial charge in [0.15, 0.2) is 0 Å². The van der Waals surface area contributed by atoms with Crippen LogP contribution in [0.15, 0.2) is 42.5 Å². The Morgan fingerprint density at radius 1 is 0.963 bits per heavy atom. The molecule has 1 aliphatic heterocycles. The normalized spacial score (nSPS) is 16.6. The van der Waals surface area contributed by atoms with Crippen LogP contribution < -0.4 is 10.2 Å². The summed E-state index contributed by atoms with van der Waals surface area (Å²) in [5.74, 6) is -0.356. The van der Waals surface area contributed by atoms with Gasteiger partial charge in [0.05, 0.1) is 5.92 Å². The average molecular weight is 364 g/mol. The first-order chi connectivity index (χ1) is 13.1. The minimum atomic E-state index is -0.322. The molecule has 1 atom stereocenters. The van der Waals surface area contributed by atoms with Crippen LogP contribution in [0.25, 0.3) is 0 Å². The SMILES string of the molecule is CCc1ccccc1NC(=O)[C@@H]1CC(=O)N(c2c(CC)cccc2CC)C1. The average Bonchev–Trinajstić information content (AvgIpc) is 3.09. The Hall–Kier alpha value is -2.62. The molecule has 27 heavy (non-hydrogen) atoms. The number of benzene rings is 2. The number of hydrogen-bond donors (Lipinski definition) is 1. The molecule has 2 amide bonds. The molecule has 0 bridgehead atoms. The number of aryl methyl sites for hydroxylation is 3. The van der Waals surface area contributed by atoms with Crippen LogP contribution in [0.2, 0.25) is 0 Å². The summed E-state index contributed by atoms with van der Waals surface area (Å²) in [6.45, 7) is 6.72. The Morgan fingerprint density at radius 3 is 2.19 bits per heavy atom. The van der Waals surface area contributed by atoms with E-state index in [1.165, 1.54) is 11.1 Å². The van der Waals surface area contributed by atoms with Gasteiger partial charge in [-0.15, -0.1) is 0 Å². The van der Waals surface area contributed by atoms with Crippen LogP contribution >= 0.6 is 0 Å². The van der Waals surface area contributed by atoms with Gasteiger partial charge in [0.2, 0.25) is 11.8 Å². The van der Waals surface area contributed by atoms with Crippen molar-refractivity contribution in [1.29, 1.82) is 0 Å². The first-order valence-electron chi connectivity index (χ1n) is 9.88. The van der Waals surface area contributed by atoms with Gasteiger partial charge >= 0.3 is 0 Å². The fourth-order valence-electron chi connectivity index (χ4n) is 3.85. The lowest BCUT2D eigenvalue weighted by Crippen LogP contribution is -2.29. The van der Waals surface area contributed by atoms with E-state index < -0.39 is 0 Å². The van der Waals surface area contributed by atoms with E-state index in [-0.39, 0.29) is 24.2 Å². The molecule has 2 aromatic carbocycles. The number of anilines is 2. The van der Waals surface area contributed by atoms with E-state index in [2.05, 4.69) is 38.2 Å². The largest absolute Gasteiger partial charge is 0.326 e. The highest BCUT2D eigenvalue weighted by atomic mass is 16.2. The summed E-state index contributed by atoms with van der Waals surface area (Å²) in [5.41, 5.74) is 5.30. The molecule has 1 saturated heterocycles. The van der Waals surface area contributed by atoms with Crippen LogP contribution in [0.4, 0.5) is 11.4 Å². The fraction of sp³-hybridized carbons (Fsp3) is 0.391. The number of nitrogens with zero attached hydrogens (tertiary/aromatic N) is 1. The number of amides is 2. The van der Waals surface area contributed by atoms with Crippen molar-refractivity contribution in [3.8, 4) is 0 Å². The molecule has 4 heteroatoms. The summed E-state index contributed by atoms with van der Waals surface area (Å²) in [6.07, 6.45) is 2.86. The molecule has 0 aliphatic carbocycles. The summed E-state index contributed by atoms with van der Waals surface area (Å²) in [7, 11) is 0. The van der Waals surface area contributed by atoms with Crippen molar-refractivity contribution in [3.63, 3.8) is 0 Å². The van der Waals surface area contributed by atoms with Crippen LogP contribution in [0.1, 0.15) is 43.9 Å². The van der Waals surface area contributed by atoms with Crippen molar-refractivity contribution < 1.29 is 9.59 Å². The molecule has 0 aromatic heterocycles. The van der Waals surface area contributed by atoms with Gasteiger partial charge in [-0.05, 0) is 42.0 Å². The van der Waals surface area contributed by atoms with Crippen LogP contribution in [0, 0.1) is 5.92 Å². The van der Waals surface area contributed by atoms with Crippen molar-refractivity contribution in [2.24, 2.45) is 5.92 Å². The number of nitrogens with one attached hydrogen (secondary N) is 1. The van der Waals surface area contributed by atoms with Crippen molar-refractivity contribution >= 4 is 23.2 Å². The summed E-state index contributed by atoms with van der Waals surface area (Å²) in [5, 5.41) is 3.04. The lowest BCUT2D eigenvalue weighted by atomic mass is 10.0. The third kappa shape index (κ3) is 3.90. The van der Waals surface area contributed by atoms with Crippen LogP contribution in [0.3, 0.4) is 0 Å². The number of para-hydroxylation sites is 2. The molecule has 4 nitrogen and oxygen atoms in total. The molecule has 0 unspecified atom stereocenters. The molecule has 1 heterocycles. The Labute approximate surface area is 161 Å². The molecule has 0 saturated carbocycles. The molecule has 1 aliphatic rings. The number of hydrogen-bond acceptors (Lipinski definition) is 2. The van der Waals surface area contributed by atoms with Gasteiger partial charge in [-0.3, -0.25) is 9.59 Å². The number of carbonyl (C=O) groups excluding carboxylic acids is 2. The lowest BCUT2D eigenvalue weighted by molar-refractivity contribution is -0.122. The number of rotatable bonds is 6. The van der Waals surface area contributed by atoms with Gasteiger partial charge in [-0.25, -0.2) is 0 Å². The highest BCUT2D eigenvalue weighted by molar-refractivity contribution is 6.04. The van der Waals surface area contributed by atoms with E-state index in [1.807, 2.05) is 35.2 Å². The molecule has 1 fully saturated rings. The van der Waals surface area contributed by atoms with E-state index in [0.29, 0.717) is 6.54 Å². The van der Waals surface area contributed by atoms with E-state index in [4.69, 9.17) is 0 Å². The van der Waals surface area contributed by atoms with Gasteiger partial charge in [-0.2, -0.15) is 0 Å². The molecular formula is C23H28N2O2. The van der Waals surface area contributed by atoms with Crippen LogP contribution in [-0.2, 0) is 28.9 Å². The van der Waals surface area contributed by atoms with Crippen LogP contribution in [0.5, 0.6) is 0 Å². The first-order valence-corrected chi connectivity index (χ1v) is 9.88. The van der Waals surface area contributed by atoms with Gasteiger partial charge in [0.25, 0.3) is 0 Å². The van der Waals surface area contributed by atoms with E-state index in [9.17, 15) is 9.59 Å². The molecule has 0 radical (unpaired) electrons. The summed E-state index contributed by atoms with van der Waals surface area (Å²) in [4.78, 5) is 27.4. The zero-order valence-corrected chi connectivity index (χ0v) is 16.4. The molecule has 142 valence electrons. The summed E-state index contributed by atoms with van der Waals surface area (Å²) in [6, 6.07) is 14.0. The van der Waals surface area contributed by atoms with E-state index in [1.54, 1.807) is 0 Å². The topological polar surface area (TPSA) is 49.4 Å².